The molecule has 2 aromatic rings. The van der Waals surface area contributed by atoms with Gasteiger partial charge in [-0.1, -0.05) is 18.7 Å². The number of hydrogen-bond acceptors (Lipinski definition) is 6. The van der Waals surface area contributed by atoms with E-state index in [9.17, 15) is 5.11 Å². The van der Waals surface area contributed by atoms with Crippen LogP contribution in [0.25, 0.3) is 10.2 Å². The van der Waals surface area contributed by atoms with Crippen molar-refractivity contribution in [3.63, 3.8) is 0 Å². The van der Waals surface area contributed by atoms with Crippen LogP contribution in [0.1, 0.15) is 13.8 Å². The number of aliphatic hydroxyl groups excluding tert-OH is 1. The predicted molar refractivity (Wildman–Crippen MR) is 74.0 cm³/mol. The van der Waals surface area contributed by atoms with Crippen LogP contribution in [0.15, 0.2) is 16.5 Å². The van der Waals surface area contributed by atoms with Crippen LogP contribution < -0.4 is 5.32 Å². The van der Waals surface area contributed by atoms with Crippen molar-refractivity contribution in [2.45, 2.75) is 30.2 Å². The zero-order chi connectivity index (χ0) is 12.4. The van der Waals surface area contributed by atoms with Gasteiger partial charge in [0.2, 0.25) is 5.95 Å². The Bertz CT molecular complexity index is 512. The standard InChI is InChI=1S/C11H15N3OS2/c1-6(15)7(2)17-10-8-4-5-16-9(8)13-11(12-3)14-10/h4-7,15H,1-3H3,(H,12,13,14). The quantitative estimate of drug-likeness (QED) is 0.660. The maximum atomic E-state index is 9.55. The number of thioether (sulfide) groups is 1. The average Bonchev–Trinajstić information content (AvgIpc) is 2.76. The molecule has 0 saturated carbocycles. The van der Waals surface area contributed by atoms with Crippen LogP contribution in [-0.4, -0.2) is 33.5 Å². The van der Waals surface area contributed by atoms with Crippen molar-refractivity contribution in [1.82, 2.24) is 9.97 Å². The SMILES string of the molecule is CNc1nc(SC(C)C(C)O)c2ccsc2n1. The predicted octanol–water partition coefficient (Wildman–Crippen LogP) is 2.59. The molecule has 0 aromatic carbocycles. The van der Waals surface area contributed by atoms with Gasteiger partial charge in [-0.05, 0) is 18.4 Å². The number of fused-ring (bicyclic) bond motifs is 1. The van der Waals surface area contributed by atoms with Crippen molar-refractivity contribution >= 4 is 39.3 Å². The molecule has 0 fully saturated rings. The summed E-state index contributed by atoms with van der Waals surface area (Å²) < 4.78 is 0. The second kappa shape index (κ2) is 5.20. The van der Waals surface area contributed by atoms with Crippen molar-refractivity contribution in [2.75, 3.05) is 12.4 Å². The van der Waals surface area contributed by atoms with Gasteiger partial charge in [0.25, 0.3) is 0 Å². The van der Waals surface area contributed by atoms with Crippen molar-refractivity contribution in [1.29, 1.82) is 0 Å². The first-order valence-corrected chi connectivity index (χ1v) is 7.15. The Kier molecular flexibility index (Phi) is 3.86. The maximum absolute atomic E-state index is 9.55. The number of hydrogen-bond donors (Lipinski definition) is 2. The van der Waals surface area contributed by atoms with E-state index in [1.165, 1.54) is 0 Å². The summed E-state index contributed by atoms with van der Waals surface area (Å²) in [6.45, 7) is 3.79. The number of nitrogens with one attached hydrogen (secondary N) is 1. The minimum atomic E-state index is -0.360. The number of anilines is 1. The minimum Gasteiger partial charge on any atom is -0.392 e. The highest BCUT2D eigenvalue weighted by molar-refractivity contribution is 8.00. The molecule has 0 aliphatic heterocycles. The first kappa shape index (κ1) is 12.6. The van der Waals surface area contributed by atoms with Gasteiger partial charge in [-0.25, -0.2) is 9.97 Å². The smallest absolute Gasteiger partial charge is 0.224 e. The van der Waals surface area contributed by atoms with Crippen LogP contribution in [0.4, 0.5) is 5.95 Å². The molecule has 2 unspecified atom stereocenters. The van der Waals surface area contributed by atoms with Crippen molar-refractivity contribution in [3.05, 3.63) is 11.4 Å². The van der Waals surface area contributed by atoms with Gasteiger partial charge in [0.1, 0.15) is 9.86 Å². The van der Waals surface area contributed by atoms with Crippen molar-refractivity contribution in [3.8, 4) is 0 Å². The first-order valence-electron chi connectivity index (χ1n) is 5.39. The Hall–Kier alpha value is -0.850. The molecule has 0 bridgehead atoms. The highest BCUT2D eigenvalue weighted by Crippen LogP contribution is 2.32. The molecule has 2 aromatic heterocycles. The van der Waals surface area contributed by atoms with Crippen LogP contribution in [-0.2, 0) is 0 Å². The summed E-state index contributed by atoms with van der Waals surface area (Å²) in [7, 11) is 1.81. The monoisotopic (exact) mass is 269 g/mol. The fraction of sp³-hybridized carbons (Fsp3) is 0.455. The second-order valence-electron chi connectivity index (χ2n) is 3.81. The third-order valence-corrected chi connectivity index (χ3v) is 4.60. The molecule has 2 rings (SSSR count). The van der Waals surface area contributed by atoms with Gasteiger partial charge < -0.3 is 10.4 Å². The molecule has 17 heavy (non-hydrogen) atoms. The minimum absolute atomic E-state index is 0.109. The second-order valence-corrected chi connectivity index (χ2v) is 6.07. The third-order valence-electron chi connectivity index (χ3n) is 2.49. The Morgan fingerprint density at radius 3 is 2.82 bits per heavy atom. The Labute approximate surface area is 108 Å². The van der Waals surface area contributed by atoms with Gasteiger partial charge in [-0.15, -0.1) is 11.3 Å². The summed E-state index contributed by atoms with van der Waals surface area (Å²) in [5.41, 5.74) is 0. The zero-order valence-corrected chi connectivity index (χ0v) is 11.6. The number of aliphatic hydroxyl groups is 1. The molecule has 4 nitrogen and oxygen atoms in total. The lowest BCUT2D eigenvalue weighted by atomic mass is 10.3. The van der Waals surface area contributed by atoms with E-state index >= 15 is 0 Å². The molecular weight excluding hydrogens is 254 g/mol. The molecule has 0 radical (unpaired) electrons. The highest BCUT2D eigenvalue weighted by atomic mass is 32.2. The molecule has 2 N–H and O–H groups in total. The van der Waals surface area contributed by atoms with Crippen LogP contribution in [0.5, 0.6) is 0 Å². The molecule has 92 valence electrons. The Balaban J connectivity index is 2.40. The largest absolute Gasteiger partial charge is 0.392 e. The van der Waals surface area contributed by atoms with Crippen molar-refractivity contribution < 1.29 is 5.11 Å². The van der Waals surface area contributed by atoms with E-state index < -0.39 is 0 Å². The van der Waals surface area contributed by atoms with Gasteiger partial charge in [-0.2, -0.15) is 0 Å². The third kappa shape index (κ3) is 2.70. The summed E-state index contributed by atoms with van der Waals surface area (Å²) in [5.74, 6) is 0.625. The molecule has 0 aliphatic rings. The van der Waals surface area contributed by atoms with Crippen molar-refractivity contribution in [2.24, 2.45) is 0 Å². The van der Waals surface area contributed by atoms with E-state index in [0.29, 0.717) is 5.95 Å². The van der Waals surface area contributed by atoms with Gasteiger partial charge >= 0.3 is 0 Å². The Morgan fingerprint density at radius 1 is 1.41 bits per heavy atom. The van der Waals surface area contributed by atoms with Gasteiger partial charge in [0.05, 0.1) is 6.10 Å². The first-order chi connectivity index (χ1) is 8.11. The highest BCUT2D eigenvalue weighted by Gasteiger charge is 2.15. The number of rotatable bonds is 4. The summed E-state index contributed by atoms with van der Waals surface area (Å²) >= 11 is 3.18. The fourth-order valence-corrected chi connectivity index (χ4v) is 3.11. The molecule has 6 heteroatoms. The summed E-state index contributed by atoms with van der Waals surface area (Å²) in [6.07, 6.45) is -0.360. The van der Waals surface area contributed by atoms with E-state index in [1.54, 1.807) is 37.1 Å². The molecule has 2 atom stereocenters. The lowest BCUT2D eigenvalue weighted by Crippen LogP contribution is -2.15. The zero-order valence-electron chi connectivity index (χ0n) is 9.97. The van der Waals surface area contributed by atoms with Crippen LogP contribution in [0, 0.1) is 0 Å². The van der Waals surface area contributed by atoms with E-state index in [1.807, 2.05) is 18.4 Å². The van der Waals surface area contributed by atoms with E-state index in [4.69, 9.17) is 0 Å². The molecular formula is C11H15N3OS2. The Morgan fingerprint density at radius 2 is 2.18 bits per heavy atom. The molecule has 2 heterocycles. The van der Waals surface area contributed by atoms with Gasteiger partial charge in [-0.3, -0.25) is 0 Å². The molecule has 0 spiro atoms. The van der Waals surface area contributed by atoms with E-state index in [0.717, 1.165) is 15.2 Å². The number of nitrogens with zero attached hydrogens (tertiary/aromatic N) is 2. The lowest BCUT2D eigenvalue weighted by molar-refractivity contribution is 0.196. The summed E-state index contributed by atoms with van der Waals surface area (Å²) in [6, 6.07) is 2.02. The van der Waals surface area contributed by atoms with E-state index in [-0.39, 0.29) is 11.4 Å². The van der Waals surface area contributed by atoms with Gasteiger partial charge in [0.15, 0.2) is 0 Å². The molecule has 0 amide bonds. The lowest BCUT2D eigenvalue weighted by Gasteiger charge is -2.14. The molecule has 0 aliphatic carbocycles. The fourth-order valence-electron chi connectivity index (χ4n) is 1.30. The average molecular weight is 269 g/mol. The van der Waals surface area contributed by atoms with E-state index in [2.05, 4.69) is 15.3 Å². The number of aromatic nitrogens is 2. The van der Waals surface area contributed by atoms with Crippen LogP contribution in [0.3, 0.4) is 0 Å². The van der Waals surface area contributed by atoms with Crippen LogP contribution in [0.2, 0.25) is 0 Å². The van der Waals surface area contributed by atoms with Gasteiger partial charge in [0, 0.05) is 17.7 Å². The van der Waals surface area contributed by atoms with Crippen LogP contribution >= 0.6 is 23.1 Å². The molecule has 0 saturated heterocycles. The number of thiophene rings is 1. The summed E-state index contributed by atoms with van der Waals surface area (Å²) in [5, 5.41) is 16.6. The summed E-state index contributed by atoms with van der Waals surface area (Å²) in [4.78, 5) is 9.81. The maximum Gasteiger partial charge on any atom is 0.224 e. The normalized spacial score (nSPS) is 14.8. The topological polar surface area (TPSA) is 58.0 Å².